The Morgan fingerprint density at radius 1 is 1.38 bits per heavy atom. The zero-order chi connectivity index (χ0) is 11.7. The second-order valence-electron chi connectivity index (χ2n) is 3.95. The molecular formula is C11H12NO3S-. The van der Waals surface area contributed by atoms with Gasteiger partial charge in [0, 0.05) is 11.8 Å². The molecule has 0 radical (unpaired) electrons. The Bertz CT molecular complexity index is 411. The van der Waals surface area contributed by atoms with Crippen molar-refractivity contribution in [3.05, 3.63) is 10.6 Å². The van der Waals surface area contributed by atoms with Gasteiger partial charge < -0.3 is 9.90 Å². The summed E-state index contributed by atoms with van der Waals surface area (Å²) >= 11 is 1.23. The number of carboxylic acids is 1. The normalized spacial score (nSPS) is 24.8. The number of thioether (sulfide) groups is 1. The van der Waals surface area contributed by atoms with Crippen molar-refractivity contribution in [3.63, 3.8) is 0 Å². The largest absolute Gasteiger partial charge is 0.548 e. The molecule has 0 fully saturated rings. The van der Waals surface area contributed by atoms with Gasteiger partial charge in [-0.25, -0.2) is 0 Å². The van der Waals surface area contributed by atoms with E-state index in [0.29, 0.717) is 0 Å². The number of hydrogen-bond donors (Lipinski definition) is 0. The van der Waals surface area contributed by atoms with Crippen LogP contribution in [0.25, 0.3) is 0 Å². The van der Waals surface area contributed by atoms with E-state index in [-0.39, 0.29) is 11.5 Å². The van der Waals surface area contributed by atoms with Crippen LogP contribution in [0.5, 0.6) is 0 Å². The van der Waals surface area contributed by atoms with Gasteiger partial charge in [-0.15, -0.1) is 11.8 Å². The van der Waals surface area contributed by atoms with Crippen molar-refractivity contribution < 1.29 is 14.7 Å². The third-order valence-electron chi connectivity index (χ3n) is 2.73. The zero-order valence-electron chi connectivity index (χ0n) is 8.99. The Labute approximate surface area is 97.8 Å². The summed E-state index contributed by atoms with van der Waals surface area (Å²) in [7, 11) is 0. The molecule has 0 saturated carbocycles. The van der Waals surface area contributed by atoms with E-state index >= 15 is 0 Å². The second kappa shape index (κ2) is 4.41. The molecule has 16 heavy (non-hydrogen) atoms. The zero-order valence-corrected chi connectivity index (χ0v) is 9.80. The van der Waals surface area contributed by atoms with Gasteiger partial charge in [-0.2, -0.15) is 0 Å². The summed E-state index contributed by atoms with van der Waals surface area (Å²) in [6, 6.07) is 0. The van der Waals surface area contributed by atoms with Crippen LogP contribution in [0, 0.1) is 0 Å². The first-order chi connectivity index (χ1) is 7.59. The van der Waals surface area contributed by atoms with E-state index < -0.39 is 11.2 Å². The lowest BCUT2D eigenvalue weighted by atomic mass is 10.0. The van der Waals surface area contributed by atoms with Gasteiger partial charge in [-0.05, 0) is 25.7 Å². The first-order valence-electron chi connectivity index (χ1n) is 5.28. The highest BCUT2D eigenvalue weighted by Gasteiger charge is 2.30. The maximum Gasteiger partial charge on any atom is 0.175 e. The van der Waals surface area contributed by atoms with Crippen LogP contribution in [0.2, 0.25) is 0 Å². The topological polar surface area (TPSA) is 69.6 Å². The van der Waals surface area contributed by atoms with Crippen LogP contribution in [0.1, 0.15) is 32.6 Å². The molecule has 1 heterocycles. The van der Waals surface area contributed by atoms with E-state index in [1.807, 2.05) is 0 Å². The standard InChI is InChI=1S/C11H13NO3S/c1-6(13)9-10(11(14)15)16-8-5-3-2-4-7(8)12-9/h10H,2-5H2,1H3,(H,14,15)/p-1. The van der Waals surface area contributed by atoms with E-state index in [1.54, 1.807) is 0 Å². The van der Waals surface area contributed by atoms with E-state index in [4.69, 9.17) is 0 Å². The van der Waals surface area contributed by atoms with Crippen molar-refractivity contribution in [2.45, 2.75) is 37.9 Å². The SMILES string of the molecule is CC(=O)C1=NC2=C(CCCC2)SC1C(=O)[O-]. The van der Waals surface area contributed by atoms with Crippen molar-refractivity contribution in [3.8, 4) is 0 Å². The average molecular weight is 238 g/mol. The molecule has 86 valence electrons. The summed E-state index contributed by atoms with van der Waals surface area (Å²) in [5.41, 5.74) is 1.03. The summed E-state index contributed by atoms with van der Waals surface area (Å²) in [6.45, 7) is 1.35. The molecule has 0 aromatic rings. The first kappa shape index (κ1) is 11.4. The Balaban J connectivity index is 2.36. The second-order valence-corrected chi connectivity index (χ2v) is 5.15. The fourth-order valence-corrected chi connectivity index (χ4v) is 3.19. The summed E-state index contributed by atoms with van der Waals surface area (Å²) in [6.07, 6.45) is 3.85. The molecule has 0 amide bonds. The van der Waals surface area contributed by atoms with E-state index in [2.05, 4.69) is 4.99 Å². The van der Waals surface area contributed by atoms with Gasteiger partial charge in [0.2, 0.25) is 0 Å². The highest BCUT2D eigenvalue weighted by atomic mass is 32.2. The lowest BCUT2D eigenvalue weighted by Crippen LogP contribution is -2.42. The summed E-state index contributed by atoms with van der Waals surface area (Å²) in [5.74, 6) is -1.50. The van der Waals surface area contributed by atoms with Crippen molar-refractivity contribution in [2.75, 3.05) is 0 Å². The maximum atomic E-state index is 11.3. The molecule has 0 spiro atoms. The quantitative estimate of drug-likeness (QED) is 0.709. The summed E-state index contributed by atoms with van der Waals surface area (Å²) in [5, 5.41) is 10.0. The number of aliphatic imine (C=N–C) groups is 1. The Morgan fingerprint density at radius 2 is 2.06 bits per heavy atom. The Morgan fingerprint density at radius 3 is 2.69 bits per heavy atom. The maximum absolute atomic E-state index is 11.3. The van der Waals surface area contributed by atoms with Gasteiger partial charge >= 0.3 is 0 Å². The van der Waals surface area contributed by atoms with Crippen LogP contribution in [0.3, 0.4) is 0 Å². The molecule has 2 aliphatic rings. The van der Waals surface area contributed by atoms with Crippen LogP contribution in [0.4, 0.5) is 0 Å². The van der Waals surface area contributed by atoms with Crippen LogP contribution in [0.15, 0.2) is 15.6 Å². The monoisotopic (exact) mass is 238 g/mol. The predicted molar refractivity (Wildman–Crippen MR) is 60.0 cm³/mol. The average Bonchev–Trinajstić information content (AvgIpc) is 2.27. The number of carbonyl (C=O) groups is 2. The van der Waals surface area contributed by atoms with Crippen molar-refractivity contribution in [2.24, 2.45) is 4.99 Å². The minimum absolute atomic E-state index is 0.130. The number of rotatable bonds is 2. The van der Waals surface area contributed by atoms with Gasteiger partial charge in [-0.3, -0.25) is 9.79 Å². The Hall–Kier alpha value is -1.10. The molecule has 1 aliphatic carbocycles. The number of Topliss-reactive ketones (excluding diaryl/α,β-unsaturated/α-hetero) is 1. The van der Waals surface area contributed by atoms with Gasteiger partial charge in [0.1, 0.15) is 5.71 Å². The van der Waals surface area contributed by atoms with E-state index in [1.165, 1.54) is 18.7 Å². The number of hydrogen-bond acceptors (Lipinski definition) is 5. The Kier molecular flexibility index (Phi) is 3.14. The van der Waals surface area contributed by atoms with Crippen molar-refractivity contribution >= 4 is 29.2 Å². The highest BCUT2D eigenvalue weighted by Crippen LogP contribution is 2.39. The molecule has 0 bridgehead atoms. The van der Waals surface area contributed by atoms with E-state index in [0.717, 1.165) is 36.3 Å². The lowest BCUT2D eigenvalue weighted by Gasteiger charge is -2.28. The minimum Gasteiger partial charge on any atom is -0.548 e. The number of ketones is 1. The molecule has 0 N–H and O–H groups in total. The van der Waals surface area contributed by atoms with Crippen LogP contribution in [-0.4, -0.2) is 22.7 Å². The number of allylic oxidation sites excluding steroid dienone is 2. The van der Waals surface area contributed by atoms with Crippen molar-refractivity contribution in [1.29, 1.82) is 0 Å². The van der Waals surface area contributed by atoms with Crippen LogP contribution in [-0.2, 0) is 9.59 Å². The molecule has 1 aliphatic heterocycles. The third kappa shape index (κ3) is 2.04. The summed E-state index contributed by atoms with van der Waals surface area (Å²) in [4.78, 5) is 27.5. The fourth-order valence-electron chi connectivity index (χ4n) is 1.93. The van der Waals surface area contributed by atoms with Crippen LogP contribution >= 0.6 is 11.8 Å². The third-order valence-corrected chi connectivity index (χ3v) is 4.10. The fraction of sp³-hybridized carbons (Fsp3) is 0.545. The molecular weight excluding hydrogens is 226 g/mol. The minimum atomic E-state index is -1.23. The van der Waals surface area contributed by atoms with Crippen LogP contribution < -0.4 is 5.11 Å². The molecule has 5 heteroatoms. The number of carbonyl (C=O) groups excluding carboxylic acids is 2. The van der Waals surface area contributed by atoms with Gasteiger partial charge in [-0.1, -0.05) is 0 Å². The molecule has 0 saturated heterocycles. The molecule has 2 rings (SSSR count). The summed E-state index contributed by atoms with van der Waals surface area (Å²) < 4.78 is 0. The lowest BCUT2D eigenvalue weighted by molar-refractivity contribution is -0.303. The highest BCUT2D eigenvalue weighted by molar-refractivity contribution is 8.05. The molecule has 1 unspecified atom stereocenters. The predicted octanol–water partition coefficient (Wildman–Crippen LogP) is 0.667. The smallest absolute Gasteiger partial charge is 0.175 e. The first-order valence-corrected chi connectivity index (χ1v) is 6.16. The number of carboxylic acid groups (broad SMARTS) is 1. The molecule has 4 nitrogen and oxygen atoms in total. The number of nitrogens with zero attached hydrogens (tertiary/aromatic N) is 1. The number of aliphatic carboxylic acids is 1. The van der Waals surface area contributed by atoms with E-state index in [9.17, 15) is 14.7 Å². The van der Waals surface area contributed by atoms with Crippen molar-refractivity contribution in [1.82, 2.24) is 0 Å². The van der Waals surface area contributed by atoms with Gasteiger partial charge in [0.05, 0.1) is 16.9 Å². The molecule has 1 atom stereocenters. The molecule has 0 aromatic heterocycles. The molecule has 0 aromatic carbocycles. The van der Waals surface area contributed by atoms with Gasteiger partial charge in [0.15, 0.2) is 5.78 Å². The van der Waals surface area contributed by atoms with Gasteiger partial charge in [0.25, 0.3) is 0 Å².